The van der Waals surface area contributed by atoms with E-state index in [1.807, 2.05) is 0 Å². The summed E-state index contributed by atoms with van der Waals surface area (Å²) in [5, 5.41) is 11.4. The molecule has 21 heavy (non-hydrogen) atoms. The van der Waals surface area contributed by atoms with E-state index in [-0.39, 0.29) is 12.4 Å². The highest BCUT2D eigenvalue weighted by atomic mass is 19.1. The highest BCUT2D eigenvalue weighted by Gasteiger charge is 2.03. The highest BCUT2D eigenvalue weighted by Crippen LogP contribution is 2.16. The van der Waals surface area contributed by atoms with Gasteiger partial charge in [-0.3, -0.25) is 0 Å². The second-order valence-corrected chi connectivity index (χ2v) is 4.48. The van der Waals surface area contributed by atoms with E-state index >= 15 is 0 Å². The van der Waals surface area contributed by atoms with Gasteiger partial charge in [0.25, 0.3) is 0 Å². The summed E-state index contributed by atoms with van der Waals surface area (Å²) in [6.07, 6.45) is 0.325. The summed E-state index contributed by atoms with van der Waals surface area (Å²) in [5.41, 5.74) is 6.67. The van der Waals surface area contributed by atoms with Crippen LogP contribution in [0.2, 0.25) is 0 Å². The number of hydrogen-bond acceptors (Lipinski definition) is 3. The SMILES string of the molecule is N/C(Cc1ccc(OCc2cc(F)cc(F)c2)cc1)=N/O. The lowest BCUT2D eigenvalue weighted by Crippen LogP contribution is -2.14. The van der Waals surface area contributed by atoms with E-state index in [1.54, 1.807) is 24.3 Å². The number of nitrogens with two attached hydrogens (primary N) is 1. The maximum atomic E-state index is 13.0. The van der Waals surface area contributed by atoms with Crippen LogP contribution in [0.25, 0.3) is 0 Å². The van der Waals surface area contributed by atoms with Crippen molar-refractivity contribution in [3.8, 4) is 5.75 Å². The Balaban J connectivity index is 1.97. The fraction of sp³-hybridized carbons (Fsp3) is 0.133. The highest BCUT2D eigenvalue weighted by molar-refractivity contribution is 5.82. The van der Waals surface area contributed by atoms with Crippen LogP contribution in [-0.2, 0) is 13.0 Å². The minimum atomic E-state index is -0.636. The van der Waals surface area contributed by atoms with Crippen LogP contribution >= 0.6 is 0 Å². The molecule has 2 rings (SSSR count). The molecule has 0 heterocycles. The standard InChI is InChI=1S/C15H14F2N2O2/c16-12-5-11(6-13(17)8-12)9-21-14-3-1-10(2-4-14)7-15(18)19-20/h1-6,8,20H,7,9H2,(H2,18,19). The molecule has 0 saturated carbocycles. The molecule has 0 atom stereocenters. The van der Waals surface area contributed by atoms with E-state index in [9.17, 15) is 8.78 Å². The quantitative estimate of drug-likeness (QED) is 0.385. The molecule has 6 heteroatoms. The average molecular weight is 292 g/mol. The van der Waals surface area contributed by atoms with Gasteiger partial charge in [-0.15, -0.1) is 0 Å². The van der Waals surface area contributed by atoms with Crippen molar-refractivity contribution in [1.29, 1.82) is 0 Å². The second kappa shape index (κ2) is 6.69. The van der Waals surface area contributed by atoms with E-state index in [4.69, 9.17) is 15.7 Å². The van der Waals surface area contributed by atoms with Crippen LogP contribution in [0, 0.1) is 11.6 Å². The summed E-state index contributed by atoms with van der Waals surface area (Å²) < 4.78 is 31.5. The molecule has 2 aromatic carbocycles. The number of benzene rings is 2. The summed E-state index contributed by atoms with van der Waals surface area (Å²) >= 11 is 0. The topological polar surface area (TPSA) is 67.8 Å². The Kier molecular flexibility index (Phi) is 4.71. The van der Waals surface area contributed by atoms with Crippen molar-refractivity contribution in [3.63, 3.8) is 0 Å². The minimum Gasteiger partial charge on any atom is -0.489 e. The Morgan fingerprint density at radius 3 is 2.24 bits per heavy atom. The summed E-state index contributed by atoms with van der Waals surface area (Å²) in [7, 11) is 0. The number of halogens is 2. The van der Waals surface area contributed by atoms with Crippen LogP contribution in [0.4, 0.5) is 8.78 Å². The van der Waals surface area contributed by atoms with Gasteiger partial charge >= 0.3 is 0 Å². The summed E-state index contributed by atoms with van der Waals surface area (Å²) in [4.78, 5) is 0. The van der Waals surface area contributed by atoms with Crippen molar-refractivity contribution >= 4 is 5.84 Å². The molecule has 2 aromatic rings. The number of oxime groups is 1. The van der Waals surface area contributed by atoms with Crippen molar-refractivity contribution < 1.29 is 18.7 Å². The molecule has 0 spiro atoms. The molecule has 3 N–H and O–H groups in total. The Hall–Kier alpha value is -2.63. The van der Waals surface area contributed by atoms with Crippen LogP contribution < -0.4 is 10.5 Å². The Bertz CT molecular complexity index is 622. The van der Waals surface area contributed by atoms with Crippen LogP contribution in [0.3, 0.4) is 0 Å². The van der Waals surface area contributed by atoms with E-state index in [2.05, 4.69) is 5.16 Å². The number of hydrogen-bond donors (Lipinski definition) is 2. The maximum absolute atomic E-state index is 13.0. The smallest absolute Gasteiger partial charge is 0.143 e. The molecule has 0 radical (unpaired) electrons. The molecule has 0 aliphatic rings. The molecule has 0 unspecified atom stereocenters. The number of ether oxygens (including phenoxy) is 1. The van der Waals surface area contributed by atoms with Crippen molar-refractivity contribution in [3.05, 3.63) is 65.2 Å². The second-order valence-electron chi connectivity index (χ2n) is 4.48. The van der Waals surface area contributed by atoms with Gasteiger partial charge in [0, 0.05) is 12.5 Å². The molecule has 110 valence electrons. The van der Waals surface area contributed by atoms with Gasteiger partial charge < -0.3 is 15.7 Å². The Morgan fingerprint density at radius 2 is 1.67 bits per heavy atom. The lowest BCUT2D eigenvalue weighted by atomic mass is 10.1. The predicted molar refractivity (Wildman–Crippen MR) is 74.2 cm³/mol. The summed E-state index contributed by atoms with van der Waals surface area (Å²) in [5.74, 6) is -0.604. The fourth-order valence-electron chi connectivity index (χ4n) is 1.81. The fourth-order valence-corrected chi connectivity index (χ4v) is 1.81. The first-order chi connectivity index (χ1) is 10.1. The molecule has 0 fully saturated rings. The van der Waals surface area contributed by atoms with E-state index < -0.39 is 11.6 Å². The number of rotatable bonds is 5. The molecular weight excluding hydrogens is 278 g/mol. The largest absolute Gasteiger partial charge is 0.489 e. The zero-order valence-electron chi connectivity index (χ0n) is 11.1. The van der Waals surface area contributed by atoms with Gasteiger partial charge in [0.05, 0.1) is 0 Å². The minimum absolute atomic E-state index is 0.0638. The van der Waals surface area contributed by atoms with E-state index in [1.165, 1.54) is 12.1 Å². The van der Waals surface area contributed by atoms with E-state index in [0.29, 0.717) is 17.7 Å². The maximum Gasteiger partial charge on any atom is 0.143 e. The summed E-state index contributed by atoms with van der Waals surface area (Å²) in [6, 6.07) is 10.2. The molecule has 0 bridgehead atoms. The molecule has 0 saturated heterocycles. The third-order valence-electron chi connectivity index (χ3n) is 2.76. The van der Waals surface area contributed by atoms with Gasteiger partial charge in [0.15, 0.2) is 0 Å². The predicted octanol–water partition coefficient (Wildman–Crippen LogP) is 2.83. The molecular formula is C15H14F2N2O2. The van der Waals surface area contributed by atoms with Gasteiger partial charge in [-0.1, -0.05) is 17.3 Å². The number of amidine groups is 1. The zero-order chi connectivity index (χ0) is 15.2. The van der Waals surface area contributed by atoms with Crippen molar-refractivity contribution in [2.45, 2.75) is 13.0 Å². The molecule has 0 aromatic heterocycles. The van der Waals surface area contributed by atoms with Crippen molar-refractivity contribution in [2.75, 3.05) is 0 Å². The normalized spacial score (nSPS) is 11.4. The van der Waals surface area contributed by atoms with Crippen molar-refractivity contribution in [1.82, 2.24) is 0 Å². The average Bonchev–Trinajstić information content (AvgIpc) is 2.45. The summed E-state index contributed by atoms with van der Waals surface area (Å²) in [6.45, 7) is 0.0638. The number of nitrogens with zero attached hydrogens (tertiary/aromatic N) is 1. The van der Waals surface area contributed by atoms with Gasteiger partial charge in [-0.25, -0.2) is 8.78 Å². The van der Waals surface area contributed by atoms with Gasteiger partial charge in [-0.2, -0.15) is 0 Å². The zero-order valence-corrected chi connectivity index (χ0v) is 11.1. The van der Waals surface area contributed by atoms with Crippen LogP contribution in [0.5, 0.6) is 5.75 Å². The first-order valence-electron chi connectivity index (χ1n) is 6.20. The molecule has 0 aliphatic heterocycles. The third-order valence-corrected chi connectivity index (χ3v) is 2.76. The molecule has 0 amide bonds. The van der Waals surface area contributed by atoms with Gasteiger partial charge in [0.1, 0.15) is 29.8 Å². The van der Waals surface area contributed by atoms with Crippen LogP contribution in [-0.4, -0.2) is 11.0 Å². The van der Waals surface area contributed by atoms with E-state index in [0.717, 1.165) is 11.6 Å². The van der Waals surface area contributed by atoms with Gasteiger partial charge in [0.2, 0.25) is 0 Å². The molecule has 0 aliphatic carbocycles. The first kappa shape index (κ1) is 14.8. The van der Waals surface area contributed by atoms with Crippen LogP contribution in [0.15, 0.2) is 47.6 Å². The Morgan fingerprint density at radius 1 is 1.05 bits per heavy atom. The third kappa shape index (κ3) is 4.45. The monoisotopic (exact) mass is 292 g/mol. The van der Waals surface area contributed by atoms with Crippen LogP contribution in [0.1, 0.15) is 11.1 Å². The first-order valence-corrected chi connectivity index (χ1v) is 6.20. The lowest BCUT2D eigenvalue weighted by Gasteiger charge is -2.07. The van der Waals surface area contributed by atoms with Gasteiger partial charge in [-0.05, 0) is 35.4 Å². The lowest BCUT2D eigenvalue weighted by molar-refractivity contribution is 0.304. The Labute approximate surface area is 120 Å². The van der Waals surface area contributed by atoms with Crippen molar-refractivity contribution in [2.24, 2.45) is 10.9 Å². The molecule has 4 nitrogen and oxygen atoms in total.